The molecule has 1 unspecified atom stereocenters. The van der Waals surface area contributed by atoms with Gasteiger partial charge in [-0.15, -0.1) is 10.2 Å². The Kier molecular flexibility index (Phi) is 4.59. The number of nitrogens with one attached hydrogen (secondary N) is 1. The van der Waals surface area contributed by atoms with Crippen LogP contribution >= 0.6 is 11.3 Å². The molecule has 0 radical (unpaired) electrons. The monoisotopic (exact) mass is 277 g/mol. The molecule has 1 atom stereocenters. The molecule has 0 saturated heterocycles. The van der Waals surface area contributed by atoms with Gasteiger partial charge in [0, 0.05) is 6.42 Å². The standard InChI is InChI=1S/C13H15N3O2S/c1-2-6-10-15-16-13(19-10)14-12(18)11(17)9-7-4-3-5-8-9/h3-5,7-8,11,17H,2,6H2,1H3,(H,14,16,18). The number of aliphatic hydroxyl groups is 1. The Labute approximate surface area is 115 Å². The lowest BCUT2D eigenvalue weighted by Crippen LogP contribution is -2.20. The van der Waals surface area contributed by atoms with E-state index in [1.54, 1.807) is 24.3 Å². The van der Waals surface area contributed by atoms with Crippen molar-refractivity contribution in [1.82, 2.24) is 10.2 Å². The molecular formula is C13H15N3O2S. The summed E-state index contributed by atoms with van der Waals surface area (Å²) in [6.45, 7) is 2.05. The van der Waals surface area contributed by atoms with E-state index in [1.807, 2.05) is 6.07 Å². The first-order valence-electron chi connectivity index (χ1n) is 6.07. The Bertz CT molecular complexity index is 542. The molecule has 0 fully saturated rings. The smallest absolute Gasteiger partial charge is 0.259 e. The Morgan fingerprint density at radius 2 is 2.11 bits per heavy atom. The molecule has 1 heterocycles. The largest absolute Gasteiger partial charge is 0.378 e. The van der Waals surface area contributed by atoms with Crippen LogP contribution < -0.4 is 5.32 Å². The van der Waals surface area contributed by atoms with Crippen LogP contribution in [0.3, 0.4) is 0 Å². The van der Waals surface area contributed by atoms with Crippen molar-refractivity contribution in [2.24, 2.45) is 0 Å². The topological polar surface area (TPSA) is 75.1 Å². The average Bonchev–Trinajstić information content (AvgIpc) is 2.86. The molecule has 6 heteroatoms. The Morgan fingerprint density at radius 1 is 1.37 bits per heavy atom. The molecule has 0 bridgehead atoms. The minimum absolute atomic E-state index is 0.420. The summed E-state index contributed by atoms with van der Waals surface area (Å²) in [4.78, 5) is 11.9. The number of carbonyl (C=O) groups is 1. The van der Waals surface area contributed by atoms with E-state index in [0.717, 1.165) is 17.8 Å². The molecule has 1 aromatic heterocycles. The maximum Gasteiger partial charge on any atom is 0.259 e. The van der Waals surface area contributed by atoms with Gasteiger partial charge in [0.25, 0.3) is 5.91 Å². The lowest BCUT2D eigenvalue weighted by molar-refractivity contribution is -0.124. The van der Waals surface area contributed by atoms with Crippen molar-refractivity contribution >= 4 is 22.4 Å². The average molecular weight is 277 g/mol. The van der Waals surface area contributed by atoms with Gasteiger partial charge in [0.15, 0.2) is 6.10 Å². The Balaban J connectivity index is 2.00. The fraction of sp³-hybridized carbons (Fsp3) is 0.308. The summed E-state index contributed by atoms with van der Waals surface area (Å²) in [5.41, 5.74) is 0.554. The van der Waals surface area contributed by atoms with Crippen LogP contribution in [0.5, 0.6) is 0 Å². The predicted octanol–water partition coefficient (Wildman–Crippen LogP) is 2.16. The van der Waals surface area contributed by atoms with Gasteiger partial charge in [-0.2, -0.15) is 0 Å². The number of benzene rings is 1. The molecule has 1 amide bonds. The van der Waals surface area contributed by atoms with E-state index >= 15 is 0 Å². The van der Waals surface area contributed by atoms with E-state index in [1.165, 1.54) is 11.3 Å². The third-order valence-electron chi connectivity index (χ3n) is 2.52. The molecule has 0 aliphatic rings. The van der Waals surface area contributed by atoms with Crippen LogP contribution in [-0.2, 0) is 11.2 Å². The third-order valence-corrected chi connectivity index (χ3v) is 3.42. The number of hydrogen-bond donors (Lipinski definition) is 2. The first-order chi connectivity index (χ1) is 9.20. The highest BCUT2D eigenvalue weighted by molar-refractivity contribution is 7.15. The van der Waals surface area contributed by atoms with Crippen LogP contribution in [0.15, 0.2) is 30.3 Å². The van der Waals surface area contributed by atoms with E-state index in [0.29, 0.717) is 10.7 Å². The molecule has 0 aliphatic heterocycles. The van der Waals surface area contributed by atoms with Gasteiger partial charge >= 0.3 is 0 Å². The van der Waals surface area contributed by atoms with E-state index in [4.69, 9.17) is 0 Å². The minimum Gasteiger partial charge on any atom is -0.378 e. The lowest BCUT2D eigenvalue weighted by Gasteiger charge is -2.09. The number of hydrogen-bond acceptors (Lipinski definition) is 5. The summed E-state index contributed by atoms with van der Waals surface area (Å²) < 4.78 is 0. The van der Waals surface area contributed by atoms with Gasteiger partial charge in [-0.05, 0) is 12.0 Å². The minimum atomic E-state index is -1.19. The van der Waals surface area contributed by atoms with Gasteiger partial charge in [-0.25, -0.2) is 0 Å². The van der Waals surface area contributed by atoms with Gasteiger partial charge < -0.3 is 5.11 Å². The zero-order valence-corrected chi connectivity index (χ0v) is 11.4. The lowest BCUT2D eigenvalue weighted by atomic mass is 10.1. The predicted molar refractivity (Wildman–Crippen MR) is 73.9 cm³/mol. The zero-order valence-electron chi connectivity index (χ0n) is 10.5. The molecule has 2 rings (SSSR count). The SMILES string of the molecule is CCCc1nnc(NC(=O)C(O)c2ccccc2)s1. The fourth-order valence-electron chi connectivity index (χ4n) is 1.58. The van der Waals surface area contributed by atoms with Gasteiger partial charge in [0.05, 0.1) is 0 Å². The van der Waals surface area contributed by atoms with E-state index in [-0.39, 0.29) is 0 Å². The van der Waals surface area contributed by atoms with Crippen LogP contribution in [0.1, 0.15) is 30.0 Å². The van der Waals surface area contributed by atoms with Gasteiger partial charge in [0.1, 0.15) is 5.01 Å². The highest BCUT2D eigenvalue weighted by atomic mass is 32.1. The number of aliphatic hydroxyl groups excluding tert-OH is 1. The second-order valence-electron chi connectivity index (χ2n) is 4.05. The third kappa shape index (κ3) is 3.59. The van der Waals surface area contributed by atoms with Crippen molar-refractivity contribution in [3.8, 4) is 0 Å². The molecular weight excluding hydrogens is 262 g/mol. The molecule has 0 saturated carbocycles. The summed E-state index contributed by atoms with van der Waals surface area (Å²) in [6.07, 6.45) is 0.629. The van der Waals surface area contributed by atoms with Crippen molar-refractivity contribution in [3.63, 3.8) is 0 Å². The summed E-state index contributed by atoms with van der Waals surface area (Å²) in [7, 11) is 0. The first-order valence-corrected chi connectivity index (χ1v) is 6.88. The van der Waals surface area contributed by atoms with Crippen molar-refractivity contribution in [2.45, 2.75) is 25.9 Å². The summed E-state index contributed by atoms with van der Waals surface area (Å²) >= 11 is 1.33. The molecule has 0 spiro atoms. The van der Waals surface area contributed by atoms with Crippen LogP contribution in [0.2, 0.25) is 0 Å². The summed E-state index contributed by atoms with van der Waals surface area (Å²) in [5, 5.41) is 21.6. The highest BCUT2D eigenvalue weighted by Crippen LogP contribution is 2.19. The molecule has 2 aromatic rings. The van der Waals surface area contributed by atoms with Crippen LogP contribution in [0.25, 0.3) is 0 Å². The molecule has 1 aromatic carbocycles. The van der Waals surface area contributed by atoms with Gasteiger partial charge in [-0.3, -0.25) is 10.1 Å². The zero-order chi connectivity index (χ0) is 13.7. The molecule has 0 aliphatic carbocycles. The van der Waals surface area contributed by atoms with E-state index in [2.05, 4.69) is 22.4 Å². The van der Waals surface area contributed by atoms with E-state index in [9.17, 15) is 9.90 Å². The number of rotatable bonds is 5. The number of nitrogens with zero attached hydrogens (tertiary/aromatic N) is 2. The molecule has 5 nitrogen and oxygen atoms in total. The van der Waals surface area contributed by atoms with Crippen LogP contribution in [0, 0.1) is 0 Å². The number of aromatic nitrogens is 2. The van der Waals surface area contributed by atoms with Crippen molar-refractivity contribution in [1.29, 1.82) is 0 Å². The number of carbonyl (C=O) groups excluding carboxylic acids is 1. The second kappa shape index (κ2) is 6.40. The maximum atomic E-state index is 11.9. The highest BCUT2D eigenvalue weighted by Gasteiger charge is 2.18. The second-order valence-corrected chi connectivity index (χ2v) is 5.12. The van der Waals surface area contributed by atoms with Crippen LogP contribution in [0.4, 0.5) is 5.13 Å². The number of aryl methyl sites for hydroxylation is 1. The molecule has 2 N–H and O–H groups in total. The van der Waals surface area contributed by atoms with Crippen molar-refractivity contribution < 1.29 is 9.90 Å². The summed E-state index contributed by atoms with van der Waals surface area (Å²) in [5.74, 6) is -0.495. The molecule has 19 heavy (non-hydrogen) atoms. The number of anilines is 1. The quantitative estimate of drug-likeness (QED) is 0.878. The first kappa shape index (κ1) is 13.6. The van der Waals surface area contributed by atoms with Gasteiger partial charge in [-0.1, -0.05) is 48.6 Å². The Morgan fingerprint density at radius 3 is 2.79 bits per heavy atom. The van der Waals surface area contributed by atoms with Crippen molar-refractivity contribution in [3.05, 3.63) is 40.9 Å². The maximum absolute atomic E-state index is 11.9. The normalized spacial score (nSPS) is 12.1. The van der Waals surface area contributed by atoms with Crippen LogP contribution in [-0.4, -0.2) is 21.2 Å². The summed E-state index contributed by atoms with van der Waals surface area (Å²) in [6, 6.07) is 8.78. The van der Waals surface area contributed by atoms with Gasteiger partial charge in [0.2, 0.25) is 5.13 Å². The Hall–Kier alpha value is -1.79. The van der Waals surface area contributed by atoms with E-state index < -0.39 is 12.0 Å². The van der Waals surface area contributed by atoms with Crippen molar-refractivity contribution in [2.75, 3.05) is 5.32 Å². The number of amides is 1. The molecule has 100 valence electrons. The fourth-order valence-corrected chi connectivity index (χ4v) is 2.42.